The van der Waals surface area contributed by atoms with Gasteiger partial charge in [-0.3, -0.25) is 4.99 Å². The van der Waals surface area contributed by atoms with Crippen molar-refractivity contribution >= 4 is 11.6 Å². The first-order chi connectivity index (χ1) is 12.2. The molecule has 3 N–H and O–H groups in total. The van der Waals surface area contributed by atoms with E-state index in [-0.39, 0.29) is 0 Å². The number of methoxy groups -OCH3 is 1. The molecule has 0 heterocycles. The normalized spacial score (nSPS) is 11.2. The summed E-state index contributed by atoms with van der Waals surface area (Å²) < 4.78 is 10.8. The summed E-state index contributed by atoms with van der Waals surface area (Å²) in [5.74, 6) is 2.13. The van der Waals surface area contributed by atoms with Crippen LogP contribution in [0.4, 0.5) is 5.69 Å². The highest BCUT2D eigenvalue weighted by Crippen LogP contribution is 2.15. The van der Waals surface area contributed by atoms with Crippen molar-refractivity contribution in [2.45, 2.75) is 26.2 Å². The van der Waals surface area contributed by atoms with Crippen LogP contribution in [0.3, 0.4) is 0 Å². The molecular weight excluding hydrogens is 314 g/mol. The molecule has 0 amide bonds. The van der Waals surface area contributed by atoms with Gasteiger partial charge in [-0.2, -0.15) is 0 Å². The second-order valence-electron chi connectivity index (χ2n) is 5.72. The summed E-state index contributed by atoms with van der Waals surface area (Å²) in [7, 11) is 1.64. The molecule has 25 heavy (non-hydrogen) atoms. The molecular formula is C20H27N3O2. The molecule has 2 aromatic rings. The van der Waals surface area contributed by atoms with Crippen LogP contribution in [0.5, 0.6) is 11.5 Å². The van der Waals surface area contributed by atoms with E-state index in [1.165, 1.54) is 5.56 Å². The van der Waals surface area contributed by atoms with Crippen molar-refractivity contribution in [1.82, 2.24) is 0 Å². The molecule has 0 saturated heterocycles. The largest absolute Gasteiger partial charge is 0.497 e. The Kier molecular flexibility index (Phi) is 7.63. The molecule has 0 spiro atoms. The number of hydrogen-bond acceptors (Lipinski definition) is 3. The number of nitrogens with zero attached hydrogens (tertiary/aromatic N) is 1. The van der Waals surface area contributed by atoms with Crippen LogP contribution < -0.4 is 20.5 Å². The van der Waals surface area contributed by atoms with Gasteiger partial charge in [-0.05, 0) is 54.8 Å². The van der Waals surface area contributed by atoms with Crippen LogP contribution in [0, 0.1) is 0 Å². The van der Waals surface area contributed by atoms with Gasteiger partial charge in [0.2, 0.25) is 0 Å². The Morgan fingerprint density at radius 1 is 1.04 bits per heavy atom. The Morgan fingerprint density at radius 3 is 2.36 bits per heavy atom. The van der Waals surface area contributed by atoms with E-state index in [0.29, 0.717) is 12.5 Å². The van der Waals surface area contributed by atoms with Crippen LogP contribution in [0.15, 0.2) is 53.5 Å². The summed E-state index contributed by atoms with van der Waals surface area (Å²) in [5, 5.41) is 3.07. The third-order valence-electron chi connectivity index (χ3n) is 3.74. The number of guanidine groups is 1. The Balaban J connectivity index is 1.76. The van der Waals surface area contributed by atoms with E-state index >= 15 is 0 Å². The van der Waals surface area contributed by atoms with Crippen molar-refractivity contribution < 1.29 is 9.47 Å². The minimum absolute atomic E-state index is 0.407. The predicted octanol–water partition coefficient (Wildman–Crippen LogP) is 3.84. The van der Waals surface area contributed by atoms with Crippen molar-refractivity contribution in [3.05, 3.63) is 54.1 Å². The van der Waals surface area contributed by atoms with Gasteiger partial charge in [0, 0.05) is 12.2 Å². The second kappa shape index (κ2) is 10.2. The van der Waals surface area contributed by atoms with E-state index in [0.717, 1.165) is 43.1 Å². The van der Waals surface area contributed by atoms with E-state index in [2.05, 4.69) is 29.4 Å². The van der Waals surface area contributed by atoms with Crippen molar-refractivity contribution in [3.63, 3.8) is 0 Å². The fraction of sp³-hybridized carbons (Fsp3) is 0.350. The number of rotatable bonds is 9. The lowest BCUT2D eigenvalue weighted by Crippen LogP contribution is -2.23. The van der Waals surface area contributed by atoms with Crippen LogP contribution >= 0.6 is 0 Å². The van der Waals surface area contributed by atoms with Crippen LogP contribution in [0.2, 0.25) is 0 Å². The molecule has 0 aliphatic rings. The summed E-state index contributed by atoms with van der Waals surface area (Å²) in [6.45, 7) is 3.56. The SMILES string of the molecule is CCCCOc1ccc(CCN=C(N)Nc2ccc(OC)cc2)cc1. The summed E-state index contributed by atoms with van der Waals surface area (Å²) in [5.41, 5.74) is 8.02. The number of hydrogen-bond donors (Lipinski definition) is 2. The van der Waals surface area contributed by atoms with E-state index in [9.17, 15) is 0 Å². The summed E-state index contributed by atoms with van der Waals surface area (Å²) in [4.78, 5) is 4.36. The van der Waals surface area contributed by atoms with Gasteiger partial charge in [-0.15, -0.1) is 0 Å². The monoisotopic (exact) mass is 341 g/mol. The molecule has 2 rings (SSSR count). The van der Waals surface area contributed by atoms with E-state index < -0.39 is 0 Å². The molecule has 0 unspecified atom stereocenters. The van der Waals surface area contributed by atoms with Crippen LogP contribution in [0.25, 0.3) is 0 Å². The molecule has 0 aromatic heterocycles. The number of ether oxygens (including phenoxy) is 2. The molecule has 0 bridgehead atoms. The fourth-order valence-corrected chi connectivity index (χ4v) is 2.25. The number of nitrogens with two attached hydrogens (primary N) is 1. The first kappa shape index (κ1) is 18.6. The van der Waals surface area contributed by atoms with E-state index in [1.54, 1.807) is 7.11 Å². The highest BCUT2D eigenvalue weighted by atomic mass is 16.5. The summed E-state index contributed by atoms with van der Waals surface area (Å²) in [6.07, 6.45) is 3.05. The molecule has 2 aromatic carbocycles. The fourth-order valence-electron chi connectivity index (χ4n) is 2.25. The lowest BCUT2D eigenvalue weighted by atomic mass is 10.1. The maximum Gasteiger partial charge on any atom is 0.193 e. The van der Waals surface area contributed by atoms with Gasteiger partial charge in [0.15, 0.2) is 5.96 Å². The first-order valence-corrected chi connectivity index (χ1v) is 8.64. The van der Waals surface area contributed by atoms with Gasteiger partial charge >= 0.3 is 0 Å². The highest BCUT2D eigenvalue weighted by Gasteiger charge is 1.98. The molecule has 5 nitrogen and oxygen atoms in total. The zero-order valence-corrected chi connectivity index (χ0v) is 15.0. The van der Waals surface area contributed by atoms with Gasteiger partial charge in [-0.25, -0.2) is 0 Å². The molecule has 0 radical (unpaired) electrons. The molecule has 0 atom stereocenters. The molecule has 0 aliphatic heterocycles. The zero-order valence-electron chi connectivity index (χ0n) is 15.0. The standard InChI is InChI=1S/C20H27N3O2/c1-3-4-15-25-19-9-5-16(6-10-19)13-14-22-20(21)23-17-7-11-18(24-2)12-8-17/h5-12H,3-4,13-15H2,1-2H3,(H3,21,22,23). The predicted molar refractivity (Wildman–Crippen MR) is 104 cm³/mol. The van der Waals surface area contributed by atoms with Gasteiger partial charge in [-0.1, -0.05) is 25.5 Å². The average Bonchev–Trinajstić information content (AvgIpc) is 2.64. The number of aliphatic imine (C=N–C) groups is 1. The van der Waals surface area contributed by atoms with Gasteiger partial charge < -0.3 is 20.5 Å². The number of unbranched alkanes of at least 4 members (excludes halogenated alkanes) is 1. The topological polar surface area (TPSA) is 68.9 Å². The molecule has 134 valence electrons. The van der Waals surface area contributed by atoms with Gasteiger partial charge in [0.1, 0.15) is 11.5 Å². The van der Waals surface area contributed by atoms with Crippen molar-refractivity contribution in [2.75, 3.05) is 25.6 Å². The molecule has 0 fully saturated rings. The van der Waals surface area contributed by atoms with Crippen molar-refractivity contribution in [3.8, 4) is 11.5 Å². The molecule has 5 heteroatoms. The van der Waals surface area contributed by atoms with Gasteiger partial charge in [0.05, 0.1) is 13.7 Å². The number of nitrogens with one attached hydrogen (secondary N) is 1. The maximum atomic E-state index is 5.92. The Hall–Kier alpha value is -2.69. The van der Waals surface area contributed by atoms with Crippen molar-refractivity contribution in [2.24, 2.45) is 10.7 Å². The summed E-state index contributed by atoms with van der Waals surface area (Å²) in [6, 6.07) is 15.7. The second-order valence-corrected chi connectivity index (χ2v) is 5.72. The van der Waals surface area contributed by atoms with E-state index in [4.69, 9.17) is 15.2 Å². The Morgan fingerprint density at radius 2 is 1.72 bits per heavy atom. The average molecular weight is 341 g/mol. The Labute approximate surface area is 149 Å². The molecule has 0 aliphatic carbocycles. The van der Waals surface area contributed by atoms with E-state index in [1.807, 2.05) is 36.4 Å². The quantitative estimate of drug-likeness (QED) is 0.413. The smallest absolute Gasteiger partial charge is 0.193 e. The van der Waals surface area contributed by atoms with Crippen LogP contribution in [-0.2, 0) is 6.42 Å². The van der Waals surface area contributed by atoms with Crippen LogP contribution in [0.1, 0.15) is 25.3 Å². The summed E-state index contributed by atoms with van der Waals surface area (Å²) >= 11 is 0. The van der Waals surface area contributed by atoms with Crippen LogP contribution in [-0.4, -0.2) is 26.2 Å². The maximum absolute atomic E-state index is 5.92. The highest BCUT2D eigenvalue weighted by molar-refractivity contribution is 5.92. The minimum atomic E-state index is 0.407. The molecule has 0 saturated carbocycles. The number of anilines is 1. The number of benzene rings is 2. The lowest BCUT2D eigenvalue weighted by molar-refractivity contribution is 0.309. The zero-order chi connectivity index (χ0) is 17.9. The van der Waals surface area contributed by atoms with Gasteiger partial charge in [0.25, 0.3) is 0 Å². The lowest BCUT2D eigenvalue weighted by Gasteiger charge is -2.07. The van der Waals surface area contributed by atoms with Crippen molar-refractivity contribution in [1.29, 1.82) is 0 Å². The Bertz CT molecular complexity index is 652. The third-order valence-corrected chi connectivity index (χ3v) is 3.74. The first-order valence-electron chi connectivity index (χ1n) is 8.64. The third kappa shape index (κ3) is 6.75. The minimum Gasteiger partial charge on any atom is -0.497 e.